The molecule has 3 aliphatic carbocycles. The van der Waals surface area contributed by atoms with Gasteiger partial charge in [0.25, 0.3) is 0 Å². The van der Waals surface area contributed by atoms with E-state index in [0.29, 0.717) is 17.8 Å². The van der Waals surface area contributed by atoms with E-state index in [-0.39, 0.29) is 7.43 Å². The molecule has 1 heteroatoms. The third-order valence-corrected chi connectivity index (χ3v) is 8.99. The third kappa shape index (κ3) is 5.12. The molecule has 3 aliphatic rings. The maximum Gasteiger partial charge on any atom is 0.143 e. The number of hydrogen-bond donors (Lipinski definition) is 0. The van der Waals surface area contributed by atoms with E-state index in [2.05, 4.69) is 44.9 Å². The van der Waals surface area contributed by atoms with Crippen molar-refractivity contribution >= 4 is 6.29 Å². The van der Waals surface area contributed by atoms with Crippen LogP contribution in [0.2, 0.25) is 0 Å². The number of hydrogen-bond acceptors (Lipinski definition) is 1. The molecule has 1 aromatic carbocycles. The van der Waals surface area contributed by atoms with E-state index >= 15 is 0 Å². The van der Waals surface area contributed by atoms with Gasteiger partial charge in [-0.3, -0.25) is 4.79 Å². The second kappa shape index (κ2) is 12.1. The number of terminal acetylenes is 1. The fourth-order valence-corrected chi connectivity index (χ4v) is 7.38. The Morgan fingerprint density at radius 1 is 1.15 bits per heavy atom. The van der Waals surface area contributed by atoms with Crippen LogP contribution in [0.15, 0.2) is 41.0 Å². The predicted octanol–water partition coefficient (Wildman–Crippen LogP) is 8.62. The zero-order chi connectivity index (χ0) is 23.4. The summed E-state index contributed by atoms with van der Waals surface area (Å²) < 4.78 is 0. The Morgan fingerprint density at radius 3 is 2.65 bits per heavy atom. The molecule has 2 fully saturated rings. The monoisotopic (exact) mass is 458 g/mol. The highest BCUT2D eigenvalue weighted by atomic mass is 16.1. The van der Waals surface area contributed by atoms with Gasteiger partial charge in [0.2, 0.25) is 0 Å². The molecular weight excluding hydrogens is 412 g/mol. The van der Waals surface area contributed by atoms with Crippen molar-refractivity contribution in [3.8, 4) is 12.3 Å². The third-order valence-electron chi connectivity index (χ3n) is 8.99. The molecule has 5 atom stereocenters. The average Bonchev–Trinajstić information content (AvgIpc) is 3.32. The number of fused-ring (bicyclic) bond motifs is 3. The Labute approximate surface area is 209 Å². The first-order chi connectivity index (χ1) is 16.1. The van der Waals surface area contributed by atoms with E-state index < -0.39 is 0 Å². The van der Waals surface area contributed by atoms with E-state index in [4.69, 9.17) is 6.42 Å². The van der Waals surface area contributed by atoms with Crippen LogP contribution < -0.4 is 0 Å². The zero-order valence-corrected chi connectivity index (χ0v) is 21.0. The van der Waals surface area contributed by atoms with E-state index in [1.807, 2.05) is 6.08 Å². The number of allylic oxidation sites excluding steroid dienone is 4. The second-order valence-electron chi connectivity index (χ2n) is 10.7. The molecule has 0 spiro atoms. The number of carbonyl (C=O) groups is 1. The molecule has 0 aromatic heterocycles. The smallest absolute Gasteiger partial charge is 0.143 e. The molecule has 0 radical (unpaired) electrons. The van der Waals surface area contributed by atoms with Crippen LogP contribution in [0.25, 0.3) is 0 Å². The van der Waals surface area contributed by atoms with Crippen LogP contribution in [0.3, 0.4) is 0 Å². The van der Waals surface area contributed by atoms with E-state index in [0.717, 1.165) is 56.6 Å². The molecule has 4 rings (SSSR count). The first-order valence-corrected chi connectivity index (χ1v) is 13.6. The SMILES string of the molecule is C.C#CC(CC)Cc1cc(C2CC3CCCC3C3CC/C(=C/C=O)C(CCC)=C23)ccc1CC. The van der Waals surface area contributed by atoms with Crippen molar-refractivity contribution in [3.05, 3.63) is 57.7 Å². The van der Waals surface area contributed by atoms with Crippen molar-refractivity contribution in [2.75, 3.05) is 0 Å². The lowest BCUT2D eigenvalue weighted by atomic mass is 9.59. The van der Waals surface area contributed by atoms with Crippen LogP contribution >= 0.6 is 0 Å². The van der Waals surface area contributed by atoms with Gasteiger partial charge in [-0.15, -0.1) is 12.3 Å². The van der Waals surface area contributed by atoms with Crippen LogP contribution in [0.4, 0.5) is 0 Å². The molecule has 1 nitrogen and oxygen atoms in total. The predicted molar refractivity (Wildman–Crippen MR) is 146 cm³/mol. The summed E-state index contributed by atoms with van der Waals surface area (Å²) in [5.41, 5.74) is 8.98. The molecular formula is C33H46O. The summed E-state index contributed by atoms with van der Waals surface area (Å²) in [5, 5.41) is 0. The summed E-state index contributed by atoms with van der Waals surface area (Å²) in [7, 11) is 0. The number of benzene rings is 1. The van der Waals surface area contributed by atoms with Crippen molar-refractivity contribution in [3.63, 3.8) is 0 Å². The minimum Gasteiger partial charge on any atom is -0.299 e. The van der Waals surface area contributed by atoms with Crippen LogP contribution in [0.1, 0.15) is 109 Å². The molecule has 0 saturated heterocycles. The number of carbonyl (C=O) groups excluding carboxylic acids is 1. The Kier molecular flexibility index (Phi) is 9.41. The lowest BCUT2D eigenvalue weighted by molar-refractivity contribution is -0.104. The lowest BCUT2D eigenvalue weighted by Gasteiger charge is -2.46. The van der Waals surface area contributed by atoms with Crippen molar-refractivity contribution in [2.24, 2.45) is 23.7 Å². The molecule has 0 bridgehead atoms. The minimum absolute atomic E-state index is 0. The van der Waals surface area contributed by atoms with E-state index in [1.54, 1.807) is 5.57 Å². The molecule has 0 heterocycles. The topological polar surface area (TPSA) is 17.1 Å². The first kappa shape index (κ1) is 26.5. The highest BCUT2D eigenvalue weighted by molar-refractivity contribution is 5.69. The summed E-state index contributed by atoms with van der Waals surface area (Å²) in [4.78, 5) is 11.5. The van der Waals surface area contributed by atoms with Gasteiger partial charge in [-0.05, 0) is 103 Å². The molecule has 0 aliphatic heterocycles. The molecule has 0 N–H and O–H groups in total. The Bertz CT molecular complexity index is 955. The fourth-order valence-electron chi connectivity index (χ4n) is 7.38. The molecule has 34 heavy (non-hydrogen) atoms. The van der Waals surface area contributed by atoms with Crippen LogP contribution in [-0.4, -0.2) is 6.29 Å². The van der Waals surface area contributed by atoms with Crippen molar-refractivity contribution in [2.45, 2.75) is 105 Å². The molecule has 184 valence electrons. The summed E-state index contributed by atoms with van der Waals surface area (Å²) in [6, 6.07) is 7.32. The van der Waals surface area contributed by atoms with Gasteiger partial charge in [-0.25, -0.2) is 0 Å². The van der Waals surface area contributed by atoms with E-state index in [1.165, 1.54) is 59.9 Å². The zero-order valence-electron chi connectivity index (χ0n) is 21.0. The number of aldehydes is 1. The van der Waals surface area contributed by atoms with Crippen LogP contribution in [-0.2, 0) is 17.6 Å². The second-order valence-corrected chi connectivity index (χ2v) is 10.7. The van der Waals surface area contributed by atoms with Gasteiger partial charge in [0.1, 0.15) is 6.29 Å². The summed E-state index contributed by atoms with van der Waals surface area (Å²) in [6.45, 7) is 6.75. The highest BCUT2D eigenvalue weighted by Crippen LogP contribution is 2.58. The normalized spacial score (nSPS) is 28.0. The molecule has 1 aromatic rings. The largest absolute Gasteiger partial charge is 0.299 e. The van der Waals surface area contributed by atoms with Crippen LogP contribution in [0, 0.1) is 36.0 Å². The Morgan fingerprint density at radius 2 is 1.97 bits per heavy atom. The molecule has 0 amide bonds. The standard InChI is InChI=1S/C32H42O.CH4/c1-5-10-29-24(17-18-33)15-16-30-28-12-9-11-25(28)21-31(32(29)30)26-14-13-23(8-4)27(20-26)19-22(6-2)7-3;/h2,13-14,17-18,20,22,25,28,30-31H,5,7-12,15-16,19,21H2,1,3-4H3;1H4/b24-17-;. The van der Waals surface area contributed by atoms with Crippen molar-refractivity contribution in [1.82, 2.24) is 0 Å². The Balaban J connectivity index is 0.00000324. The fraction of sp³-hybridized carbons (Fsp3) is 0.606. The van der Waals surface area contributed by atoms with Gasteiger partial charge in [0.15, 0.2) is 0 Å². The lowest BCUT2D eigenvalue weighted by Crippen LogP contribution is -2.34. The Hall–Kier alpha value is -2.07. The summed E-state index contributed by atoms with van der Waals surface area (Å²) >= 11 is 0. The van der Waals surface area contributed by atoms with E-state index in [9.17, 15) is 4.79 Å². The van der Waals surface area contributed by atoms with Gasteiger partial charge >= 0.3 is 0 Å². The van der Waals surface area contributed by atoms with Crippen LogP contribution in [0.5, 0.6) is 0 Å². The van der Waals surface area contributed by atoms with Crippen molar-refractivity contribution in [1.29, 1.82) is 0 Å². The van der Waals surface area contributed by atoms with Gasteiger partial charge in [0, 0.05) is 11.8 Å². The molecule has 5 unspecified atom stereocenters. The quantitative estimate of drug-likeness (QED) is 0.216. The first-order valence-electron chi connectivity index (χ1n) is 13.6. The van der Waals surface area contributed by atoms with Gasteiger partial charge in [-0.2, -0.15) is 0 Å². The summed E-state index contributed by atoms with van der Waals surface area (Å²) in [6.07, 6.45) is 21.9. The average molecular weight is 459 g/mol. The van der Waals surface area contributed by atoms with Crippen molar-refractivity contribution < 1.29 is 4.79 Å². The molecule has 2 saturated carbocycles. The maximum atomic E-state index is 11.5. The van der Waals surface area contributed by atoms with Gasteiger partial charge in [-0.1, -0.05) is 71.2 Å². The minimum atomic E-state index is 0. The highest BCUT2D eigenvalue weighted by Gasteiger charge is 2.46. The van der Waals surface area contributed by atoms with Gasteiger partial charge < -0.3 is 0 Å². The number of aryl methyl sites for hydroxylation is 1. The maximum absolute atomic E-state index is 11.5. The van der Waals surface area contributed by atoms with Gasteiger partial charge in [0.05, 0.1) is 0 Å². The number of rotatable bonds is 8. The summed E-state index contributed by atoms with van der Waals surface area (Å²) in [5.74, 6) is 6.28.